The minimum Gasteiger partial charge on any atom is -0.367 e. The summed E-state index contributed by atoms with van der Waals surface area (Å²) in [6, 6.07) is 9.59. The van der Waals surface area contributed by atoms with Crippen LogP contribution in [0.5, 0.6) is 0 Å². The second kappa shape index (κ2) is 7.83. The highest BCUT2D eigenvalue weighted by Crippen LogP contribution is 2.32. The number of carbonyl (C=O) groups excluding carboxylic acids is 1. The van der Waals surface area contributed by atoms with Crippen molar-refractivity contribution in [2.75, 3.05) is 27.2 Å². The van der Waals surface area contributed by atoms with Gasteiger partial charge in [-0.2, -0.15) is 0 Å². The molecular formula is C22H25ClN6O. The molecule has 0 spiro atoms. The van der Waals surface area contributed by atoms with Crippen LogP contribution in [0.4, 0.5) is 0 Å². The van der Waals surface area contributed by atoms with Crippen LogP contribution in [0.15, 0.2) is 30.3 Å². The second-order valence-electron chi connectivity index (χ2n) is 7.91. The average Bonchev–Trinajstić information content (AvgIpc) is 2.96. The van der Waals surface area contributed by atoms with Gasteiger partial charge in [0.15, 0.2) is 11.8 Å². The van der Waals surface area contributed by atoms with Crippen molar-refractivity contribution in [2.45, 2.75) is 20.0 Å². The van der Waals surface area contributed by atoms with Crippen LogP contribution < -0.4 is 11.1 Å². The molecule has 0 bridgehead atoms. The van der Waals surface area contributed by atoms with Gasteiger partial charge < -0.3 is 10.6 Å². The number of nitrogens with one attached hydrogen (secondary N) is 1. The number of amides is 1. The van der Waals surface area contributed by atoms with Crippen molar-refractivity contribution in [3.05, 3.63) is 46.5 Å². The van der Waals surface area contributed by atoms with Crippen molar-refractivity contribution in [3.63, 3.8) is 0 Å². The van der Waals surface area contributed by atoms with Gasteiger partial charge in [-0.3, -0.25) is 14.7 Å². The third-order valence-corrected chi connectivity index (χ3v) is 5.62. The Morgan fingerprint density at radius 3 is 2.47 bits per heavy atom. The highest BCUT2D eigenvalue weighted by molar-refractivity contribution is 6.31. The van der Waals surface area contributed by atoms with E-state index in [2.05, 4.69) is 12.2 Å². The molecule has 4 aromatic rings. The Hall–Kier alpha value is -2.74. The predicted octanol–water partition coefficient (Wildman–Crippen LogP) is 3.14. The molecule has 0 aliphatic carbocycles. The van der Waals surface area contributed by atoms with E-state index in [0.29, 0.717) is 22.7 Å². The summed E-state index contributed by atoms with van der Waals surface area (Å²) in [4.78, 5) is 24.3. The Morgan fingerprint density at radius 1 is 1.17 bits per heavy atom. The van der Waals surface area contributed by atoms with E-state index in [0.717, 1.165) is 39.6 Å². The van der Waals surface area contributed by atoms with Crippen molar-refractivity contribution in [2.24, 2.45) is 5.73 Å². The minimum atomic E-state index is -0.760. The van der Waals surface area contributed by atoms with E-state index in [1.54, 1.807) is 6.07 Å². The number of aryl methyl sites for hydroxylation is 2. The van der Waals surface area contributed by atoms with Gasteiger partial charge in [0.1, 0.15) is 5.52 Å². The molecular weight excluding hydrogens is 400 g/mol. The fraction of sp³-hybridized carbons (Fsp3) is 0.318. The van der Waals surface area contributed by atoms with Crippen LogP contribution >= 0.6 is 11.6 Å². The molecule has 0 saturated heterocycles. The lowest BCUT2D eigenvalue weighted by Crippen LogP contribution is -2.40. The number of rotatable bonds is 6. The maximum atomic E-state index is 12.4. The summed E-state index contributed by atoms with van der Waals surface area (Å²) in [7, 11) is 3.96. The highest BCUT2D eigenvalue weighted by atomic mass is 35.5. The van der Waals surface area contributed by atoms with Gasteiger partial charge in [0.05, 0.1) is 16.6 Å². The van der Waals surface area contributed by atoms with Crippen LogP contribution in [0.2, 0.25) is 5.02 Å². The quantitative estimate of drug-likeness (QED) is 0.496. The number of fused-ring (bicyclic) bond motifs is 4. The highest BCUT2D eigenvalue weighted by Gasteiger charge is 2.24. The van der Waals surface area contributed by atoms with E-state index in [1.807, 2.05) is 54.8 Å². The lowest BCUT2D eigenvalue weighted by Gasteiger charge is -2.20. The van der Waals surface area contributed by atoms with Crippen LogP contribution in [-0.2, 0) is 4.79 Å². The predicted molar refractivity (Wildman–Crippen MR) is 122 cm³/mol. The van der Waals surface area contributed by atoms with Crippen molar-refractivity contribution in [1.29, 1.82) is 0 Å². The van der Waals surface area contributed by atoms with Crippen LogP contribution in [0.25, 0.3) is 33.1 Å². The number of nitrogens with zero attached hydrogens (tertiary/aromatic N) is 4. The molecule has 0 saturated carbocycles. The number of nitrogens with two attached hydrogens (primary N) is 1. The molecule has 156 valence electrons. The zero-order valence-electron chi connectivity index (χ0n) is 17.5. The van der Waals surface area contributed by atoms with E-state index in [4.69, 9.17) is 27.3 Å². The van der Waals surface area contributed by atoms with Crippen LogP contribution in [-0.4, -0.2) is 52.5 Å². The Morgan fingerprint density at radius 2 is 1.83 bits per heavy atom. The fourth-order valence-electron chi connectivity index (χ4n) is 3.68. The summed E-state index contributed by atoms with van der Waals surface area (Å²) in [6.07, 6.45) is -0.760. The van der Waals surface area contributed by atoms with Gasteiger partial charge in [-0.1, -0.05) is 11.6 Å². The van der Waals surface area contributed by atoms with E-state index >= 15 is 0 Å². The first-order chi connectivity index (χ1) is 14.3. The van der Waals surface area contributed by atoms with Crippen LogP contribution in [0, 0.1) is 13.8 Å². The van der Waals surface area contributed by atoms with E-state index in [1.165, 1.54) is 0 Å². The van der Waals surface area contributed by atoms with Gasteiger partial charge in [-0.05, 0) is 69.4 Å². The van der Waals surface area contributed by atoms with Crippen molar-refractivity contribution < 1.29 is 4.79 Å². The molecule has 0 fully saturated rings. The molecule has 1 atom stereocenters. The molecule has 2 heterocycles. The van der Waals surface area contributed by atoms with Crippen LogP contribution in [0.1, 0.15) is 17.3 Å². The minimum absolute atomic E-state index is 0.482. The zero-order valence-corrected chi connectivity index (χ0v) is 18.3. The standard InChI is InChI=1S/C22H25ClN6O/c1-12-9-16-17(10-13(12)2)27-21-19(26-16)15-11-14(23)5-6-18(15)29(21)22(20(24)30)25-7-8-28(3)4/h5-6,9-11,22,25H,7-8H2,1-4H3,(H2,24,30). The molecule has 2 aromatic heterocycles. The molecule has 0 aliphatic heterocycles. The Bertz CT molecular complexity index is 1280. The molecule has 1 unspecified atom stereocenters. The summed E-state index contributed by atoms with van der Waals surface area (Å²) >= 11 is 6.28. The first kappa shape index (κ1) is 20.5. The molecule has 7 nitrogen and oxygen atoms in total. The third-order valence-electron chi connectivity index (χ3n) is 5.39. The number of hydrogen-bond donors (Lipinski definition) is 2. The summed E-state index contributed by atoms with van der Waals surface area (Å²) in [5.41, 5.74) is 11.8. The van der Waals surface area contributed by atoms with E-state index < -0.39 is 12.1 Å². The lowest BCUT2D eigenvalue weighted by molar-refractivity contribution is -0.121. The van der Waals surface area contributed by atoms with Gasteiger partial charge in [0, 0.05) is 23.5 Å². The Balaban J connectivity index is 2.01. The van der Waals surface area contributed by atoms with E-state index in [-0.39, 0.29) is 0 Å². The summed E-state index contributed by atoms with van der Waals surface area (Å²) in [5, 5.41) is 4.70. The summed E-state index contributed by atoms with van der Waals surface area (Å²) in [6.45, 7) is 5.46. The van der Waals surface area contributed by atoms with Crippen molar-refractivity contribution in [1.82, 2.24) is 24.8 Å². The maximum absolute atomic E-state index is 12.4. The number of hydrogen-bond acceptors (Lipinski definition) is 5. The molecule has 0 radical (unpaired) electrons. The van der Waals surface area contributed by atoms with Gasteiger partial charge >= 0.3 is 0 Å². The van der Waals surface area contributed by atoms with Gasteiger partial charge in [-0.25, -0.2) is 9.97 Å². The Kier molecular flexibility index (Phi) is 5.36. The van der Waals surface area contributed by atoms with Gasteiger partial charge in [0.2, 0.25) is 0 Å². The lowest BCUT2D eigenvalue weighted by atomic mass is 10.1. The first-order valence-corrected chi connectivity index (χ1v) is 10.2. The largest absolute Gasteiger partial charge is 0.367 e. The Labute approximate surface area is 179 Å². The van der Waals surface area contributed by atoms with Gasteiger partial charge in [-0.15, -0.1) is 0 Å². The number of halogens is 1. The number of aromatic nitrogens is 3. The molecule has 30 heavy (non-hydrogen) atoms. The fourth-order valence-corrected chi connectivity index (χ4v) is 3.85. The summed E-state index contributed by atoms with van der Waals surface area (Å²) in [5.74, 6) is -0.482. The SMILES string of the molecule is Cc1cc2nc3c4cc(Cl)ccc4n(C(NCCN(C)C)C(N)=O)c3nc2cc1C. The zero-order chi connectivity index (χ0) is 21.6. The average molecular weight is 425 g/mol. The molecule has 0 aliphatic rings. The van der Waals surface area contributed by atoms with Gasteiger partial charge in [0.25, 0.3) is 5.91 Å². The van der Waals surface area contributed by atoms with Crippen molar-refractivity contribution >= 4 is 50.6 Å². The summed E-state index contributed by atoms with van der Waals surface area (Å²) < 4.78 is 1.83. The smallest absolute Gasteiger partial charge is 0.255 e. The molecule has 8 heteroatoms. The first-order valence-electron chi connectivity index (χ1n) is 9.82. The molecule has 3 N–H and O–H groups in total. The number of primary amides is 1. The van der Waals surface area contributed by atoms with E-state index in [9.17, 15) is 4.79 Å². The molecule has 2 aromatic carbocycles. The monoisotopic (exact) mass is 424 g/mol. The number of benzene rings is 2. The van der Waals surface area contributed by atoms with Crippen molar-refractivity contribution in [3.8, 4) is 0 Å². The molecule has 1 amide bonds. The van der Waals surface area contributed by atoms with Crippen LogP contribution in [0.3, 0.4) is 0 Å². The third kappa shape index (κ3) is 3.60. The topological polar surface area (TPSA) is 89.1 Å². The molecule has 4 rings (SSSR count). The second-order valence-corrected chi connectivity index (χ2v) is 8.35. The number of carbonyl (C=O) groups is 1. The normalized spacial score (nSPS) is 13.0. The maximum Gasteiger partial charge on any atom is 0.255 e. The number of likely N-dealkylation sites (N-methyl/N-ethyl adjacent to an activating group) is 1.